The van der Waals surface area contributed by atoms with Crippen molar-refractivity contribution in [1.82, 2.24) is 10.2 Å². The predicted molar refractivity (Wildman–Crippen MR) is 106 cm³/mol. The lowest BCUT2D eigenvalue weighted by molar-refractivity contribution is -0.127. The molecule has 26 heavy (non-hydrogen) atoms. The smallest absolute Gasteiger partial charge is 0.237 e. The van der Waals surface area contributed by atoms with Gasteiger partial charge in [0.15, 0.2) is 0 Å². The Labute approximate surface area is 157 Å². The Hall–Kier alpha value is -1.75. The summed E-state index contributed by atoms with van der Waals surface area (Å²) in [6.07, 6.45) is 4.73. The summed E-state index contributed by atoms with van der Waals surface area (Å²) in [7, 11) is 1.70. The Morgan fingerprint density at radius 3 is 2.50 bits per heavy atom. The molecule has 1 aliphatic carbocycles. The highest BCUT2D eigenvalue weighted by molar-refractivity contribution is 5.81. The van der Waals surface area contributed by atoms with Crippen molar-refractivity contribution < 1.29 is 9.53 Å². The van der Waals surface area contributed by atoms with E-state index >= 15 is 0 Å². The average molecular weight is 360 g/mol. The number of anilines is 1. The van der Waals surface area contributed by atoms with Crippen LogP contribution in [0.1, 0.15) is 39.5 Å². The van der Waals surface area contributed by atoms with Crippen LogP contribution >= 0.6 is 0 Å². The van der Waals surface area contributed by atoms with Crippen molar-refractivity contribution in [2.75, 3.05) is 38.2 Å². The van der Waals surface area contributed by atoms with Gasteiger partial charge in [0.2, 0.25) is 5.91 Å². The van der Waals surface area contributed by atoms with E-state index in [1.165, 1.54) is 18.5 Å². The molecule has 1 saturated heterocycles. The molecule has 2 fully saturated rings. The third kappa shape index (κ3) is 4.70. The van der Waals surface area contributed by atoms with Crippen molar-refractivity contribution in [3.05, 3.63) is 24.3 Å². The van der Waals surface area contributed by atoms with Gasteiger partial charge < -0.3 is 15.0 Å². The molecule has 144 valence electrons. The normalized spacial score (nSPS) is 25.6. The largest absolute Gasteiger partial charge is 0.497 e. The van der Waals surface area contributed by atoms with Crippen molar-refractivity contribution in [2.45, 2.75) is 51.6 Å². The number of hydrogen-bond acceptors (Lipinski definition) is 4. The molecular formula is C21H33N3O2. The molecule has 5 nitrogen and oxygen atoms in total. The van der Waals surface area contributed by atoms with Crippen LogP contribution < -0.4 is 15.0 Å². The van der Waals surface area contributed by atoms with E-state index in [0.717, 1.165) is 50.7 Å². The van der Waals surface area contributed by atoms with Gasteiger partial charge in [0.05, 0.1) is 13.2 Å². The van der Waals surface area contributed by atoms with Gasteiger partial charge in [-0.25, -0.2) is 0 Å². The molecule has 0 spiro atoms. The molecule has 1 saturated carbocycles. The number of piperazine rings is 1. The van der Waals surface area contributed by atoms with Gasteiger partial charge in [0, 0.05) is 44.0 Å². The Morgan fingerprint density at radius 2 is 1.85 bits per heavy atom. The Balaban J connectivity index is 1.48. The van der Waals surface area contributed by atoms with Crippen LogP contribution in [-0.2, 0) is 4.79 Å². The number of methoxy groups -OCH3 is 1. The van der Waals surface area contributed by atoms with E-state index in [-0.39, 0.29) is 11.9 Å². The first-order valence-electron chi connectivity index (χ1n) is 10.00. The first-order chi connectivity index (χ1) is 12.6. The second kappa shape index (κ2) is 8.76. The van der Waals surface area contributed by atoms with Crippen LogP contribution in [0.25, 0.3) is 0 Å². The molecule has 0 bridgehead atoms. The Morgan fingerprint density at radius 1 is 1.15 bits per heavy atom. The van der Waals surface area contributed by atoms with E-state index in [0.29, 0.717) is 6.04 Å². The van der Waals surface area contributed by atoms with E-state index < -0.39 is 0 Å². The molecule has 2 aliphatic rings. The summed E-state index contributed by atoms with van der Waals surface area (Å²) in [5.74, 6) is 1.89. The van der Waals surface area contributed by atoms with Crippen LogP contribution in [-0.4, -0.2) is 56.2 Å². The maximum Gasteiger partial charge on any atom is 0.237 e. The van der Waals surface area contributed by atoms with Crippen molar-refractivity contribution in [1.29, 1.82) is 0 Å². The second-order valence-corrected chi connectivity index (χ2v) is 7.87. The summed E-state index contributed by atoms with van der Waals surface area (Å²) in [5, 5.41) is 3.28. The van der Waals surface area contributed by atoms with Crippen molar-refractivity contribution >= 4 is 11.6 Å². The molecule has 1 aliphatic heterocycles. The molecule has 0 unspecified atom stereocenters. The quantitative estimate of drug-likeness (QED) is 0.878. The van der Waals surface area contributed by atoms with Crippen molar-refractivity contribution in [2.24, 2.45) is 5.92 Å². The Kier molecular flexibility index (Phi) is 6.41. The van der Waals surface area contributed by atoms with E-state index in [9.17, 15) is 4.79 Å². The molecule has 1 N–H and O–H groups in total. The van der Waals surface area contributed by atoms with Crippen LogP contribution in [0.4, 0.5) is 5.69 Å². The van der Waals surface area contributed by atoms with Gasteiger partial charge in [0.25, 0.3) is 0 Å². The maximum absolute atomic E-state index is 12.6. The van der Waals surface area contributed by atoms with E-state index in [4.69, 9.17) is 4.74 Å². The van der Waals surface area contributed by atoms with E-state index in [2.05, 4.69) is 34.2 Å². The topological polar surface area (TPSA) is 44.8 Å². The van der Waals surface area contributed by atoms with Gasteiger partial charge in [-0.3, -0.25) is 9.69 Å². The second-order valence-electron chi connectivity index (χ2n) is 7.87. The maximum atomic E-state index is 12.6. The summed E-state index contributed by atoms with van der Waals surface area (Å²) in [6, 6.07) is 8.52. The minimum Gasteiger partial charge on any atom is -0.497 e. The van der Waals surface area contributed by atoms with Crippen LogP contribution in [0, 0.1) is 5.92 Å². The highest BCUT2D eigenvalue weighted by Gasteiger charge is 2.28. The molecule has 0 radical (unpaired) electrons. The SMILES string of the molecule is COc1cccc(N2CCN([C@@H](C)C(=O)NC3CCC(C)CC3)CC2)c1. The van der Waals surface area contributed by atoms with Gasteiger partial charge in [0.1, 0.15) is 5.75 Å². The minimum atomic E-state index is -0.0539. The predicted octanol–water partition coefficient (Wildman–Crippen LogP) is 2.90. The van der Waals surface area contributed by atoms with Crippen molar-refractivity contribution in [3.8, 4) is 5.75 Å². The summed E-state index contributed by atoms with van der Waals surface area (Å²) in [6.45, 7) is 8.04. The lowest BCUT2D eigenvalue weighted by atomic mass is 9.87. The minimum absolute atomic E-state index is 0.0539. The fourth-order valence-electron chi connectivity index (χ4n) is 4.07. The summed E-state index contributed by atoms with van der Waals surface area (Å²) in [4.78, 5) is 17.3. The standard InChI is InChI=1S/C21H33N3O2/c1-16-7-9-18(10-8-16)22-21(25)17(2)23-11-13-24(14-12-23)19-5-4-6-20(15-19)26-3/h4-6,15-18H,7-14H2,1-3H3,(H,22,25)/t16?,17-,18?/m0/s1. The summed E-state index contributed by atoms with van der Waals surface area (Å²) in [5.41, 5.74) is 1.19. The monoisotopic (exact) mass is 359 g/mol. The number of carbonyl (C=O) groups excluding carboxylic acids is 1. The van der Waals surface area contributed by atoms with E-state index in [1.54, 1.807) is 7.11 Å². The van der Waals surface area contributed by atoms with Crippen LogP contribution in [0.3, 0.4) is 0 Å². The molecule has 1 aromatic rings. The van der Waals surface area contributed by atoms with E-state index in [1.807, 2.05) is 19.1 Å². The molecule has 3 rings (SSSR count). The number of amides is 1. The zero-order valence-corrected chi connectivity index (χ0v) is 16.4. The number of nitrogens with one attached hydrogen (secondary N) is 1. The number of benzene rings is 1. The average Bonchev–Trinajstić information content (AvgIpc) is 2.69. The molecule has 1 amide bonds. The highest BCUT2D eigenvalue weighted by atomic mass is 16.5. The fraction of sp³-hybridized carbons (Fsp3) is 0.667. The summed E-state index contributed by atoms with van der Waals surface area (Å²) < 4.78 is 5.33. The number of carbonyl (C=O) groups is 1. The lowest BCUT2D eigenvalue weighted by Crippen LogP contribution is -2.55. The third-order valence-corrected chi connectivity index (χ3v) is 6.02. The van der Waals surface area contributed by atoms with Crippen molar-refractivity contribution in [3.63, 3.8) is 0 Å². The van der Waals surface area contributed by atoms with Crippen LogP contribution in [0.15, 0.2) is 24.3 Å². The number of nitrogens with zero attached hydrogens (tertiary/aromatic N) is 2. The highest BCUT2D eigenvalue weighted by Crippen LogP contribution is 2.24. The first kappa shape index (κ1) is 19.0. The summed E-state index contributed by atoms with van der Waals surface area (Å²) >= 11 is 0. The van der Waals surface area contributed by atoms with Gasteiger partial charge in [-0.1, -0.05) is 13.0 Å². The first-order valence-corrected chi connectivity index (χ1v) is 10.00. The number of rotatable bonds is 5. The molecule has 1 atom stereocenters. The van der Waals surface area contributed by atoms with Crippen LogP contribution in [0.2, 0.25) is 0 Å². The molecule has 1 heterocycles. The van der Waals surface area contributed by atoms with Crippen LogP contribution in [0.5, 0.6) is 5.75 Å². The van der Waals surface area contributed by atoms with Gasteiger partial charge in [-0.15, -0.1) is 0 Å². The molecule has 5 heteroatoms. The van der Waals surface area contributed by atoms with Gasteiger partial charge in [-0.2, -0.15) is 0 Å². The zero-order chi connectivity index (χ0) is 18.5. The lowest BCUT2D eigenvalue weighted by Gasteiger charge is -2.39. The molecular weight excluding hydrogens is 326 g/mol. The van der Waals surface area contributed by atoms with Gasteiger partial charge in [-0.05, 0) is 50.7 Å². The zero-order valence-electron chi connectivity index (χ0n) is 16.4. The Bertz CT molecular complexity index is 591. The number of hydrogen-bond donors (Lipinski definition) is 1. The number of ether oxygens (including phenoxy) is 1. The molecule has 0 aromatic heterocycles. The molecule has 1 aromatic carbocycles. The fourth-order valence-corrected chi connectivity index (χ4v) is 4.07. The van der Waals surface area contributed by atoms with Gasteiger partial charge >= 0.3 is 0 Å². The third-order valence-electron chi connectivity index (χ3n) is 6.02.